The van der Waals surface area contributed by atoms with Crippen LogP contribution in [0, 0.1) is 0 Å². The molecule has 0 unspecified atom stereocenters. The van der Waals surface area contributed by atoms with Crippen molar-refractivity contribution < 1.29 is 5.11 Å². The molecule has 3 aromatic carbocycles. The molecule has 0 spiro atoms. The molecule has 0 aliphatic heterocycles. The number of hydrogen-bond donors (Lipinski definition) is 1. The molecule has 4 nitrogen and oxygen atoms in total. The van der Waals surface area contributed by atoms with Crippen molar-refractivity contribution in [1.82, 2.24) is 9.78 Å². The Bertz CT molecular complexity index is 1140. The van der Waals surface area contributed by atoms with Crippen molar-refractivity contribution in [1.29, 1.82) is 0 Å². The summed E-state index contributed by atoms with van der Waals surface area (Å²) in [5, 5.41) is 15.3. The van der Waals surface area contributed by atoms with Crippen molar-refractivity contribution in [3.63, 3.8) is 0 Å². The standard InChI is InChI=1S/C22H18N2O2S/c25-15-17-7-5-4-6-16(17)14-24-22(26)21-11-10-20(12-18(21)13-23-24)27-19-8-2-1-3-9-19/h1-13,25H,14-15H2. The number of rotatable bonds is 5. The Balaban J connectivity index is 1.66. The van der Waals surface area contributed by atoms with Gasteiger partial charge in [-0.25, -0.2) is 4.68 Å². The molecule has 0 amide bonds. The molecular formula is C22H18N2O2S. The lowest BCUT2D eigenvalue weighted by Crippen LogP contribution is -2.23. The van der Waals surface area contributed by atoms with Crippen LogP contribution in [0.4, 0.5) is 0 Å². The summed E-state index contributed by atoms with van der Waals surface area (Å²) in [5.41, 5.74) is 1.57. The summed E-state index contributed by atoms with van der Waals surface area (Å²) in [7, 11) is 0. The average molecular weight is 374 g/mol. The second-order valence-corrected chi connectivity index (χ2v) is 7.35. The van der Waals surface area contributed by atoms with Crippen LogP contribution in [0.25, 0.3) is 10.8 Å². The minimum absolute atomic E-state index is 0.0570. The minimum Gasteiger partial charge on any atom is -0.392 e. The van der Waals surface area contributed by atoms with Crippen molar-refractivity contribution in [2.45, 2.75) is 22.9 Å². The fraction of sp³-hybridized carbons (Fsp3) is 0.0909. The van der Waals surface area contributed by atoms with E-state index in [4.69, 9.17) is 0 Å². The highest BCUT2D eigenvalue weighted by molar-refractivity contribution is 7.99. The first-order chi connectivity index (χ1) is 13.2. The third kappa shape index (κ3) is 3.79. The number of benzene rings is 3. The minimum atomic E-state index is -0.128. The largest absolute Gasteiger partial charge is 0.392 e. The molecule has 5 heteroatoms. The van der Waals surface area contributed by atoms with Crippen LogP contribution in [0.3, 0.4) is 0 Å². The van der Waals surface area contributed by atoms with E-state index in [1.807, 2.05) is 60.7 Å². The molecule has 0 saturated heterocycles. The maximum absolute atomic E-state index is 12.8. The van der Waals surface area contributed by atoms with Crippen LogP contribution >= 0.6 is 11.8 Å². The van der Waals surface area contributed by atoms with Crippen LogP contribution in [0.1, 0.15) is 11.1 Å². The molecule has 0 atom stereocenters. The molecule has 134 valence electrons. The molecule has 0 aliphatic rings. The summed E-state index contributed by atoms with van der Waals surface area (Å²) >= 11 is 1.66. The van der Waals surface area contributed by atoms with E-state index in [2.05, 4.69) is 17.2 Å². The Kier molecular flexibility index (Phi) is 5.05. The van der Waals surface area contributed by atoms with Crippen LogP contribution in [0.2, 0.25) is 0 Å². The molecule has 0 fully saturated rings. The van der Waals surface area contributed by atoms with Crippen molar-refractivity contribution in [3.05, 3.63) is 100 Å². The Morgan fingerprint density at radius 3 is 2.41 bits per heavy atom. The normalized spacial score (nSPS) is 11.0. The van der Waals surface area contributed by atoms with Gasteiger partial charge in [-0.15, -0.1) is 0 Å². The number of aromatic nitrogens is 2. The van der Waals surface area contributed by atoms with Gasteiger partial charge < -0.3 is 5.11 Å². The van der Waals surface area contributed by atoms with E-state index in [1.165, 1.54) is 4.68 Å². The van der Waals surface area contributed by atoms with E-state index in [0.717, 1.165) is 26.3 Å². The number of aliphatic hydroxyl groups excluding tert-OH is 1. The molecule has 0 bridgehead atoms. The van der Waals surface area contributed by atoms with Crippen LogP contribution in [0.5, 0.6) is 0 Å². The predicted octanol–water partition coefficient (Wildman–Crippen LogP) is 4.09. The summed E-state index contributed by atoms with van der Waals surface area (Å²) in [6.45, 7) is 0.282. The molecule has 27 heavy (non-hydrogen) atoms. The van der Waals surface area contributed by atoms with Gasteiger partial charge in [-0.1, -0.05) is 54.2 Å². The summed E-state index contributed by atoms with van der Waals surface area (Å²) < 4.78 is 1.45. The molecule has 1 aromatic heterocycles. The van der Waals surface area contributed by atoms with Gasteiger partial charge in [0.05, 0.1) is 24.7 Å². The second kappa shape index (κ2) is 7.78. The van der Waals surface area contributed by atoms with Gasteiger partial charge in [0.15, 0.2) is 0 Å². The third-order valence-electron chi connectivity index (χ3n) is 4.41. The topological polar surface area (TPSA) is 55.1 Å². The van der Waals surface area contributed by atoms with Gasteiger partial charge in [0.1, 0.15) is 0 Å². The first kappa shape index (κ1) is 17.5. The molecule has 4 aromatic rings. The molecule has 1 heterocycles. The molecule has 0 saturated carbocycles. The quantitative estimate of drug-likeness (QED) is 0.572. The highest BCUT2D eigenvalue weighted by Gasteiger charge is 2.08. The smallest absolute Gasteiger partial charge is 0.274 e. The Morgan fingerprint density at radius 1 is 0.889 bits per heavy atom. The number of fused-ring (bicyclic) bond motifs is 1. The van der Waals surface area contributed by atoms with E-state index in [1.54, 1.807) is 18.0 Å². The zero-order chi connectivity index (χ0) is 18.6. The van der Waals surface area contributed by atoms with E-state index < -0.39 is 0 Å². The fourth-order valence-corrected chi connectivity index (χ4v) is 3.88. The number of nitrogens with zero attached hydrogens (tertiary/aromatic N) is 2. The first-order valence-corrected chi connectivity index (χ1v) is 9.46. The van der Waals surface area contributed by atoms with Crippen LogP contribution in [0.15, 0.2) is 93.6 Å². The first-order valence-electron chi connectivity index (χ1n) is 8.65. The molecule has 4 rings (SSSR count). The SMILES string of the molecule is O=c1c2ccc(Sc3ccccc3)cc2cnn1Cc1ccccc1CO. The zero-order valence-corrected chi connectivity index (χ0v) is 15.4. The monoisotopic (exact) mass is 374 g/mol. The van der Waals surface area contributed by atoms with E-state index >= 15 is 0 Å². The highest BCUT2D eigenvalue weighted by Crippen LogP contribution is 2.29. The number of hydrogen-bond acceptors (Lipinski definition) is 4. The maximum Gasteiger partial charge on any atom is 0.274 e. The van der Waals surface area contributed by atoms with Crippen LogP contribution in [-0.2, 0) is 13.2 Å². The summed E-state index contributed by atoms with van der Waals surface area (Å²) in [6.07, 6.45) is 1.73. The van der Waals surface area contributed by atoms with Gasteiger partial charge in [-0.3, -0.25) is 4.79 Å². The van der Waals surface area contributed by atoms with Gasteiger partial charge >= 0.3 is 0 Å². The third-order valence-corrected chi connectivity index (χ3v) is 5.41. The predicted molar refractivity (Wildman–Crippen MR) is 108 cm³/mol. The van der Waals surface area contributed by atoms with Gasteiger partial charge in [0.25, 0.3) is 5.56 Å². The van der Waals surface area contributed by atoms with Gasteiger partial charge in [0.2, 0.25) is 0 Å². The molecule has 0 aliphatic carbocycles. The highest BCUT2D eigenvalue weighted by atomic mass is 32.2. The van der Waals surface area contributed by atoms with Gasteiger partial charge in [-0.2, -0.15) is 5.10 Å². The molecular weight excluding hydrogens is 356 g/mol. The van der Waals surface area contributed by atoms with E-state index in [0.29, 0.717) is 11.9 Å². The van der Waals surface area contributed by atoms with Crippen molar-refractivity contribution >= 4 is 22.5 Å². The van der Waals surface area contributed by atoms with Crippen LogP contribution in [-0.4, -0.2) is 14.9 Å². The van der Waals surface area contributed by atoms with Crippen molar-refractivity contribution in [3.8, 4) is 0 Å². The lowest BCUT2D eigenvalue weighted by molar-refractivity contribution is 0.280. The maximum atomic E-state index is 12.8. The van der Waals surface area contributed by atoms with E-state index in [-0.39, 0.29) is 12.2 Å². The van der Waals surface area contributed by atoms with Crippen molar-refractivity contribution in [2.24, 2.45) is 0 Å². The summed E-state index contributed by atoms with van der Waals surface area (Å²) in [4.78, 5) is 15.1. The van der Waals surface area contributed by atoms with Crippen LogP contribution < -0.4 is 5.56 Å². The molecule has 0 radical (unpaired) electrons. The van der Waals surface area contributed by atoms with Gasteiger partial charge in [-0.05, 0) is 41.5 Å². The Morgan fingerprint density at radius 2 is 1.63 bits per heavy atom. The summed E-state index contributed by atoms with van der Waals surface area (Å²) in [5.74, 6) is 0. The Labute approximate surface area is 161 Å². The van der Waals surface area contributed by atoms with E-state index in [9.17, 15) is 9.90 Å². The number of aliphatic hydroxyl groups is 1. The lowest BCUT2D eigenvalue weighted by atomic mass is 10.1. The second-order valence-electron chi connectivity index (χ2n) is 6.20. The summed E-state index contributed by atoms with van der Waals surface area (Å²) in [6, 6.07) is 23.5. The Hall–Kier alpha value is -2.89. The zero-order valence-electron chi connectivity index (χ0n) is 14.6. The molecule has 1 N–H and O–H groups in total. The fourth-order valence-electron chi connectivity index (χ4n) is 2.99. The average Bonchev–Trinajstić information content (AvgIpc) is 2.71. The lowest BCUT2D eigenvalue weighted by Gasteiger charge is -2.10. The van der Waals surface area contributed by atoms with Crippen molar-refractivity contribution in [2.75, 3.05) is 0 Å². The van der Waals surface area contributed by atoms with Gasteiger partial charge in [0, 0.05) is 15.2 Å².